The molecular weight excluding hydrogens is 142 g/mol. The highest BCUT2D eigenvalue weighted by molar-refractivity contribution is 7.14. The lowest BCUT2D eigenvalue weighted by molar-refractivity contribution is 1.38. The van der Waals surface area contributed by atoms with Crippen LogP contribution in [0.1, 0.15) is 5.69 Å². The Labute approximate surface area is 56.3 Å². The lowest BCUT2D eigenvalue weighted by Gasteiger charge is -1.69. The summed E-state index contributed by atoms with van der Waals surface area (Å²) in [6, 6.07) is 0. The molecule has 1 aromatic rings. The van der Waals surface area contributed by atoms with Gasteiger partial charge >= 0.3 is 0 Å². The number of rotatable bonds is 0. The Bertz CT molecular complexity index is 223. The van der Waals surface area contributed by atoms with Crippen molar-refractivity contribution >= 4 is 22.9 Å². The lowest BCUT2D eigenvalue weighted by Crippen LogP contribution is -1.66. The maximum atomic E-state index is 5.45. The highest BCUT2D eigenvalue weighted by Gasteiger charge is 1.91. The fraction of sp³-hybridized carbons (Fsp3) is 0. The molecular formula is C5H2ClNS. The van der Waals surface area contributed by atoms with Crippen molar-refractivity contribution < 1.29 is 0 Å². The van der Waals surface area contributed by atoms with E-state index in [1.54, 1.807) is 5.38 Å². The van der Waals surface area contributed by atoms with Gasteiger partial charge in [0.05, 0.1) is 0 Å². The van der Waals surface area contributed by atoms with E-state index in [2.05, 4.69) is 10.9 Å². The summed E-state index contributed by atoms with van der Waals surface area (Å²) in [5, 5.41) is 1.74. The standard InChI is InChI=1S/C5H2ClNS/c1-2-4-3-8-5(6)7-4/h1,3H. The van der Waals surface area contributed by atoms with Crippen LogP contribution in [0.5, 0.6) is 0 Å². The molecule has 0 bridgehead atoms. The molecule has 1 heterocycles. The smallest absolute Gasteiger partial charge is 0.184 e. The zero-order valence-electron chi connectivity index (χ0n) is 3.89. The molecule has 0 spiro atoms. The summed E-state index contributed by atoms with van der Waals surface area (Å²) in [6.07, 6.45) is 5.00. The minimum atomic E-state index is 0.498. The van der Waals surface area contributed by atoms with Crippen molar-refractivity contribution in [1.29, 1.82) is 0 Å². The number of nitrogens with zero attached hydrogens (tertiary/aromatic N) is 1. The van der Waals surface area contributed by atoms with Crippen LogP contribution in [0, 0.1) is 12.3 Å². The molecule has 0 aromatic carbocycles. The van der Waals surface area contributed by atoms with E-state index in [0.29, 0.717) is 10.2 Å². The van der Waals surface area contributed by atoms with Gasteiger partial charge in [0, 0.05) is 5.38 Å². The monoisotopic (exact) mass is 143 g/mol. The third-order valence-electron chi connectivity index (χ3n) is 0.624. The molecule has 0 saturated carbocycles. The Hall–Kier alpha value is -0.520. The fourth-order valence-corrected chi connectivity index (χ4v) is 1.02. The van der Waals surface area contributed by atoms with Crippen molar-refractivity contribution in [2.24, 2.45) is 0 Å². The highest BCUT2D eigenvalue weighted by atomic mass is 35.5. The van der Waals surface area contributed by atoms with Crippen LogP contribution >= 0.6 is 22.9 Å². The van der Waals surface area contributed by atoms with Crippen LogP contribution in [-0.2, 0) is 0 Å². The van der Waals surface area contributed by atoms with Crippen molar-refractivity contribution in [3.8, 4) is 12.3 Å². The van der Waals surface area contributed by atoms with Crippen molar-refractivity contribution in [2.45, 2.75) is 0 Å². The van der Waals surface area contributed by atoms with Crippen LogP contribution in [0.25, 0.3) is 0 Å². The summed E-state index contributed by atoms with van der Waals surface area (Å²) in [4.78, 5) is 3.78. The second kappa shape index (κ2) is 2.17. The van der Waals surface area contributed by atoms with Crippen molar-refractivity contribution in [2.75, 3.05) is 0 Å². The van der Waals surface area contributed by atoms with E-state index < -0.39 is 0 Å². The van der Waals surface area contributed by atoms with Gasteiger partial charge in [-0.05, 0) is 5.92 Å². The largest absolute Gasteiger partial charge is 0.216 e. The molecule has 0 atom stereocenters. The van der Waals surface area contributed by atoms with Gasteiger partial charge in [0.2, 0.25) is 0 Å². The van der Waals surface area contributed by atoms with E-state index in [1.165, 1.54) is 11.3 Å². The molecule has 8 heavy (non-hydrogen) atoms. The highest BCUT2D eigenvalue weighted by Crippen LogP contribution is 2.13. The first-order valence-corrected chi connectivity index (χ1v) is 3.16. The zero-order chi connectivity index (χ0) is 5.98. The van der Waals surface area contributed by atoms with Gasteiger partial charge < -0.3 is 0 Å². The Morgan fingerprint density at radius 1 is 1.88 bits per heavy atom. The summed E-state index contributed by atoms with van der Waals surface area (Å²) in [5.74, 6) is 2.36. The quantitative estimate of drug-likeness (QED) is 0.505. The molecule has 3 heteroatoms. The number of hydrogen-bond donors (Lipinski definition) is 0. The molecule has 0 aliphatic carbocycles. The van der Waals surface area contributed by atoms with Gasteiger partial charge in [-0.2, -0.15) is 0 Å². The van der Waals surface area contributed by atoms with E-state index in [-0.39, 0.29) is 0 Å². The molecule has 0 aliphatic rings. The van der Waals surface area contributed by atoms with Crippen LogP contribution < -0.4 is 0 Å². The second-order valence-electron chi connectivity index (χ2n) is 1.13. The molecule has 1 nitrogen and oxygen atoms in total. The predicted molar refractivity (Wildman–Crippen MR) is 35.1 cm³/mol. The molecule has 0 aliphatic heterocycles. The average molecular weight is 144 g/mol. The number of halogens is 1. The first-order chi connectivity index (χ1) is 3.83. The van der Waals surface area contributed by atoms with E-state index in [9.17, 15) is 0 Å². The van der Waals surface area contributed by atoms with Gasteiger partial charge in [-0.15, -0.1) is 17.8 Å². The topological polar surface area (TPSA) is 12.9 Å². The van der Waals surface area contributed by atoms with E-state index >= 15 is 0 Å². The number of thiazole rings is 1. The summed E-state index contributed by atoms with van der Waals surface area (Å²) in [7, 11) is 0. The molecule has 0 saturated heterocycles. The minimum absolute atomic E-state index is 0.498. The van der Waals surface area contributed by atoms with Crippen LogP contribution in [0.4, 0.5) is 0 Å². The van der Waals surface area contributed by atoms with Gasteiger partial charge in [0.15, 0.2) is 4.47 Å². The van der Waals surface area contributed by atoms with E-state index in [0.717, 1.165) is 0 Å². The van der Waals surface area contributed by atoms with Gasteiger partial charge in [-0.3, -0.25) is 0 Å². The Balaban J connectivity index is 3.05. The van der Waals surface area contributed by atoms with E-state index in [4.69, 9.17) is 18.0 Å². The van der Waals surface area contributed by atoms with Crippen LogP contribution in [0.15, 0.2) is 5.38 Å². The summed E-state index contributed by atoms with van der Waals surface area (Å²) >= 11 is 6.79. The van der Waals surface area contributed by atoms with Crippen LogP contribution in [0.3, 0.4) is 0 Å². The predicted octanol–water partition coefficient (Wildman–Crippen LogP) is 1.78. The van der Waals surface area contributed by atoms with Gasteiger partial charge in [-0.25, -0.2) is 4.98 Å². The lowest BCUT2D eigenvalue weighted by atomic mass is 10.5. The molecule has 0 amide bonds. The summed E-state index contributed by atoms with van der Waals surface area (Å²) in [6.45, 7) is 0. The van der Waals surface area contributed by atoms with E-state index in [1.807, 2.05) is 0 Å². The minimum Gasteiger partial charge on any atom is -0.216 e. The maximum Gasteiger partial charge on any atom is 0.184 e. The molecule has 40 valence electrons. The van der Waals surface area contributed by atoms with Gasteiger partial charge in [-0.1, -0.05) is 11.6 Å². The van der Waals surface area contributed by atoms with Gasteiger partial charge in [0.25, 0.3) is 0 Å². The third kappa shape index (κ3) is 1.00. The SMILES string of the molecule is C#Cc1csc(Cl)n1. The average Bonchev–Trinajstić information content (AvgIpc) is 2.14. The summed E-state index contributed by atoms with van der Waals surface area (Å²) in [5.41, 5.74) is 0.611. The van der Waals surface area contributed by atoms with Gasteiger partial charge in [0.1, 0.15) is 5.69 Å². The Kier molecular flexibility index (Phi) is 1.52. The number of terminal acetylenes is 1. The Morgan fingerprint density at radius 3 is 2.88 bits per heavy atom. The third-order valence-corrected chi connectivity index (χ3v) is 1.60. The molecule has 0 unspecified atom stereocenters. The van der Waals surface area contributed by atoms with Crippen LogP contribution in [0.2, 0.25) is 4.47 Å². The molecule has 0 fully saturated rings. The maximum absolute atomic E-state index is 5.45. The molecule has 1 aromatic heterocycles. The zero-order valence-corrected chi connectivity index (χ0v) is 5.46. The first-order valence-electron chi connectivity index (χ1n) is 1.90. The number of hydrogen-bond acceptors (Lipinski definition) is 2. The Morgan fingerprint density at radius 2 is 2.62 bits per heavy atom. The molecule has 1 rings (SSSR count). The first kappa shape index (κ1) is 5.61. The normalized spacial score (nSPS) is 8.50. The summed E-state index contributed by atoms with van der Waals surface area (Å²) < 4.78 is 0.498. The molecule has 0 N–H and O–H groups in total. The van der Waals surface area contributed by atoms with Crippen molar-refractivity contribution in [3.05, 3.63) is 15.5 Å². The second-order valence-corrected chi connectivity index (χ2v) is 2.57. The fourth-order valence-electron chi connectivity index (χ4n) is 0.318. The van der Waals surface area contributed by atoms with Crippen molar-refractivity contribution in [1.82, 2.24) is 4.98 Å². The molecule has 0 radical (unpaired) electrons. The number of aromatic nitrogens is 1. The van der Waals surface area contributed by atoms with Crippen molar-refractivity contribution in [3.63, 3.8) is 0 Å². The van der Waals surface area contributed by atoms with Crippen LogP contribution in [-0.4, -0.2) is 4.98 Å².